The lowest BCUT2D eigenvalue weighted by atomic mass is 10.0. The Morgan fingerprint density at radius 1 is 1.28 bits per heavy atom. The van der Waals surface area contributed by atoms with Crippen LogP contribution in [-0.2, 0) is 6.54 Å². The van der Waals surface area contributed by atoms with Crippen molar-refractivity contribution in [3.05, 3.63) is 29.3 Å². The molecule has 0 spiro atoms. The third-order valence-corrected chi connectivity index (χ3v) is 2.88. The largest absolute Gasteiger partial charge is 0.494 e. The van der Waals surface area contributed by atoms with Crippen LogP contribution in [0.5, 0.6) is 5.75 Å². The molecule has 0 radical (unpaired) electrons. The molecule has 1 aromatic carbocycles. The van der Waals surface area contributed by atoms with Gasteiger partial charge in [0, 0.05) is 18.2 Å². The van der Waals surface area contributed by atoms with E-state index in [9.17, 15) is 0 Å². The number of rotatable bonds is 7. The first kappa shape index (κ1) is 15.0. The molecule has 1 unspecified atom stereocenters. The molecule has 0 bridgehead atoms. The van der Waals surface area contributed by atoms with E-state index in [0.717, 1.165) is 18.8 Å². The van der Waals surface area contributed by atoms with E-state index < -0.39 is 0 Å². The van der Waals surface area contributed by atoms with E-state index in [1.165, 1.54) is 11.1 Å². The van der Waals surface area contributed by atoms with Crippen molar-refractivity contribution in [2.24, 2.45) is 0 Å². The fourth-order valence-electron chi connectivity index (χ4n) is 2.05. The number of benzene rings is 1. The van der Waals surface area contributed by atoms with Crippen LogP contribution >= 0.6 is 0 Å². The Labute approximate surface area is 111 Å². The van der Waals surface area contributed by atoms with E-state index in [1.54, 1.807) is 0 Å². The molecule has 18 heavy (non-hydrogen) atoms. The van der Waals surface area contributed by atoms with Gasteiger partial charge in [0.2, 0.25) is 0 Å². The molecule has 0 amide bonds. The van der Waals surface area contributed by atoms with E-state index >= 15 is 0 Å². The summed E-state index contributed by atoms with van der Waals surface area (Å²) >= 11 is 0. The van der Waals surface area contributed by atoms with Gasteiger partial charge < -0.3 is 15.0 Å². The van der Waals surface area contributed by atoms with E-state index in [4.69, 9.17) is 4.74 Å². The molecule has 1 atom stereocenters. The molecule has 1 rings (SSSR count). The molecule has 0 aliphatic rings. The van der Waals surface area contributed by atoms with Crippen LogP contribution in [0, 0.1) is 0 Å². The summed E-state index contributed by atoms with van der Waals surface area (Å²) in [5.41, 5.74) is 2.57. The molecule has 3 nitrogen and oxygen atoms in total. The third kappa shape index (κ3) is 4.31. The maximum atomic E-state index is 5.69. The molecule has 102 valence electrons. The van der Waals surface area contributed by atoms with E-state index in [-0.39, 0.29) is 0 Å². The number of nitrogens with zero attached hydrogens (tertiary/aromatic N) is 1. The Balaban J connectivity index is 2.96. The number of hydrogen-bond acceptors (Lipinski definition) is 3. The van der Waals surface area contributed by atoms with Gasteiger partial charge in [-0.15, -0.1) is 0 Å². The lowest BCUT2D eigenvalue weighted by Gasteiger charge is -2.18. The fraction of sp³-hybridized carbons (Fsp3) is 0.600. The van der Waals surface area contributed by atoms with Gasteiger partial charge in [0.05, 0.1) is 6.61 Å². The van der Waals surface area contributed by atoms with Gasteiger partial charge in [-0.05, 0) is 52.2 Å². The van der Waals surface area contributed by atoms with Gasteiger partial charge in [0.25, 0.3) is 0 Å². The van der Waals surface area contributed by atoms with Crippen molar-refractivity contribution in [1.29, 1.82) is 0 Å². The van der Waals surface area contributed by atoms with Crippen molar-refractivity contribution in [3.8, 4) is 5.75 Å². The van der Waals surface area contributed by atoms with Gasteiger partial charge in [-0.3, -0.25) is 0 Å². The van der Waals surface area contributed by atoms with Crippen LogP contribution in [0.1, 0.15) is 37.9 Å². The van der Waals surface area contributed by atoms with Crippen LogP contribution in [0.4, 0.5) is 0 Å². The number of hydrogen-bond donors (Lipinski definition) is 1. The standard InChI is InChI=1S/C15H26N2O/c1-6-16-12(3)13-8-9-15(18-7-2)14(10-13)11-17(4)5/h8-10,12,16H,6-7,11H2,1-5H3. The summed E-state index contributed by atoms with van der Waals surface area (Å²) < 4.78 is 5.69. The molecule has 1 aromatic rings. The highest BCUT2D eigenvalue weighted by Crippen LogP contribution is 2.24. The van der Waals surface area contributed by atoms with Crippen LogP contribution in [-0.4, -0.2) is 32.1 Å². The second-order valence-electron chi connectivity index (χ2n) is 4.82. The smallest absolute Gasteiger partial charge is 0.123 e. The Hall–Kier alpha value is -1.06. The Morgan fingerprint density at radius 3 is 2.56 bits per heavy atom. The molecular formula is C15H26N2O. The van der Waals surface area contributed by atoms with Crippen molar-refractivity contribution in [2.45, 2.75) is 33.4 Å². The first-order chi connectivity index (χ1) is 8.58. The van der Waals surface area contributed by atoms with Gasteiger partial charge in [0.1, 0.15) is 5.75 Å². The summed E-state index contributed by atoms with van der Waals surface area (Å²) in [7, 11) is 4.16. The summed E-state index contributed by atoms with van der Waals surface area (Å²) in [5.74, 6) is 0.999. The minimum atomic E-state index is 0.381. The summed E-state index contributed by atoms with van der Waals surface area (Å²) in [6.07, 6.45) is 0. The average Bonchev–Trinajstić information content (AvgIpc) is 2.31. The lowest BCUT2D eigenvalue weighted by Crippen LogP contribution is -2.18. The summed E-state index contributed by atoms with van der Waals surface area (Å²) in [5, 5.41) is 3.44. The third-order valence-electron chi connectivity index (χ3n) is 2.88. The molecule has 0 aliphatic carbocycles. The first-order valence-electron chi connectivity index (χ1n) is 6.72. The molecule has 0 saturated heterocycles. The van der Waals surface area contributed by atoms with Gasteiger partial charge in [0.15, 0.2) is 0 Å². The molecule has 0 heterocycles. The Bertz CT molecular complexity index is 364. The molecule has 1 N–H and O–H groups in total. The highest BCUT2D eigenvalue weighted by molar-refractivity contribution is 5.38. The molecule has 0 aromatic heterocycles. The maximum Gasteiger partial charge on any atom is 0.123 e. The van der Waals surface area contributed by atoms with Gasteiger partial charge in [-0.25, -0.2) is 0 Å². The molecule has 0 fully saturated rings. The van der Waals surface area contributed by atoms with E-state index in [2.05, 4.69) is 56.4 Å². The van der Waals surface area contributed by atoms with Gasteiger partial charge in [-0.1, -0.05) is 13.0 Å². The predicted molar refractivity (Wildman–Crippen MR) is 77.1 cm³/mol. The normalized spacial score (nSPS) is 12.8. The highest BCUT2D eigenvalue weighted by atomic mass is 16.5. The minimum Gasteiger partial charge on any atom is -0.494 e. The average molecular weight is 250 g/mol. The first-order valence-corrected chi connectivity index (χ1v) is 6.72. The monoisotopic (exact) mass is 250 g/mol. The summed E-state index contributed by atoms with van der Waals surface area (Å²) in [4.78, 5) is 2.17. The van der Waals surface area contributed by atoms with Crippen LogP contribution in [0.25, 0.3) is 0 Å². The van der Waals surface area contributed by atoms with Crippen LogP contribution in [0.3, 0.4) is 0 Å². The van der Waals surface area contributed by atoms with Crippen LogP contribution in [0.15, 0.2) is 18.2 Å². The zero-order valence-electron chi connectivity index (χ0n) is 12.3. The highest BCUT2D eigenvalue weighted by Gasteiger charge is 2.09. The Kier molecular flexibility index (Phi) is 6.16. The SMILES string of the molecule is CCNC(C)c1ccc(OCC)c(CN(C)C)c1. The molecular weight excluding hydrogens is 224 g/mol. The van der Waals surface area contributed by atoms with Gasteiger partial charge >= 0.3 is 0 Å². The minimum absolute atomic E-state index is 0.381. The number of ether oxygens (including phenoxy) is 1. The fourth-order valence-corrected chi connectivity index (χ4v) is 2.05. The summed E-state index contributed by atoms with van der Waals surface area (Å²) in [6, 6.07) is 6.87. The van der Waals surface area contributed by atoms with Gasteiger partial charge in [-0.2, -0.15) is 0 Å². The summed E-state index contributed by atoms with van der Waals surface area (Å²) in [6.45, 7) is 8.95. The topological polar surface area (TPSA) is 24.5 Å². The Morgan fingerprint density at radius 2 is 2.00 bits per heavy atom. The van der Waals surface area contributed by atoms with Crippen molar-refractivity contribution < 1.29 is 4.74 Å². The second kappa shape index (κ2) is 7.39. The van der Waals surface area contributed by atoms with Crippen molar-refractivity contribution in [3.63, 3.8) is 0 Å². The van der Waals surface area contributed by atoms with Crippen molar-refractivity contribution in [2.75, 3.05) is 27.2 Å². The quantitative estimate of drug-likeness (QED) is 0.805. The van der Waals surface area contributed by atoms with Crippen molar-refractivity contribution in [1.82, 2.24) is 10.2 Å². The zero-order valence-corrected chi connectivity index (χ0v) is 12.3. The van der Waals surface area contributed by atoms with Crippen LogP contribution < -0.4 is 10.1 Å². The number of nitrogens with one attached hydrogen (secondary N) is 1. The lowest BCUT2D eigenvalue weighted by molar-refractivity contribution is 0.324. The van der Waals surface area contributed by atoms with E-state index in [0.29, 0.717) is 12.6 Å². The maximum absolute atomic E-state index is 5.69. The predicted octanol–water partition coefficient (Wildman–Crippen LogP) is 2.82. The zero-order chi connectivity index (χ0) is 13.5. The van der Waals surface area contributed by atoms with Crippen molar-refractivity contribution >= 4 is 0 Å². The van der Waals surface area contributed by atoms with Crippen LogP contribution in [0.2, 0.25) is 0 Å². The second-order valence-corrected chi connectivity index (χ2v) is 4.82. The molecule has 0 aliphatic heterocycles. The molecule has 3 heteroatoms. The van der Waals surface area contributed by atoms with E-state index in [1.807, 2.05) is 6.92 Å². The molecule has 0 saturated carbocycles.